The highest BCUT2D eigenvalue weighted by atomic mass is 32.1. The minimum Gasteiger partial charge on any atom is -0.366 e. The Labute approximate surface area is 210 Å². The molecule has 3 heterocycles. The van der Waals surface area contributed by atoms with E-state index in [0.29, 0.717) is 17.8 Å². The molecular formula is C26H28FN5O2S. The average Bonchev–Trinajstić information content (AvgIpc) is 3.33. The summed E-state index contributed by atoms with van der Waals surface area (Å²) < 4.78 is 13.1. The van der Waals surface area contributed by atoms with Crippen LogP contribution in [0.4, 0.5) is 27.3 Å². The lowest BCUT2D eigenvalue weighted by atomic mass is 10.1. The van der Waals surface area contributed by atoms with E-state index in [9.17, 15) is 14.0 Å². The van der Waals surface area contributed by atoms with Crippen molar-refractivity contribution in [3.05, 3.63) is 77.2 Å². The molecule has 9 heteroatoms. The Bertz CT molecular complexity index is 1250. The molecule has 3 aromatic rings. The van der Waals surface area contributed by atoms with E-state index >= 15 is 0 Å². The molecule has 2 aromatic carbocycles. The van der Waals surface area contributed by atoms with E-state index in [2.05, 4.69) is 20.5 Å². The van der Waals surface area contributed by atoms with Gasteiger partial charge in [0.05, 0.1) is 17.1 Å². The number of aromatic nitrogens is 1. The van der Waals surface area contributed by atoms with Gasteiger partial charge in [0.15, 0.2) is 0 Å². The number of rotatable bonds is 5. The second-order valence-electron chi connectivity index (χ2n) is 8.72. The molecule has 35 heavy (non-hydrogen) atoms. The van der Waals surface area contributed by atoms with Crippen molar-refractivity contribution in [2.45, 2.75) is 32.4 Å². The maximum Gasteiger partial charge on any atom is 0.255 e. The standard InChI is InChI=1S/C26H26FN5O2.H2S/c1-16-24-22(32-13-3-4-21(32)26(34)31(24)2)14-23(29-16)28-15-17-5-11-20(12-6-17)30-25(33)18-7-9-19(27)10-8-18;/h5-12,14,21H,3-4,13,15H2,1-2H3,(H,28,29)(H,30,33);1H2/t21-;/m0./s1. The number of halogens is 1. The minimum absolute atomic E-state index is 0. The van der Waals surface area contributed by atoms with Crippen LogP contribution in [0.15, 0.2) is 54.6 Å². The number of hydrogen-bond acceptors (Lipinski definition) is 5. The third-order valence-corrected chi connectivity index (χ3v) is 6.45. The molecule has 1 saturated heterocycles. The van der Waals surface area contributed by atoms with Crippen molar-refractivity contribution in [3.8, 4) is 0 Å². The topological polar surface area (TPSA) is 77.6 Å². The van der Waals surface area contributed by atoms with Crippen molar-refractivity contribution >= 4 is 48.2 Å². The largest absolute Gasteiger partial charge is 0.366 e. The van der Waals surface area contributed by atoms with Crippen molar-refractivity contribution in [1.29, 1.82) is 0 Å². The van der Waals surface area contributed by atoms with E-state index < -0.39 is 0 Å². The Morgan fingerprint density at radius 1 is 1.14 bits per heavy atom. The predicted octanol–water partition coefficient (Wildman–Crippen LogP) is 4.45. The molecule has 0 spiro atoms. The zero-order chi connectivity index (χ0) is 23.8. The molecule has 0 saturated carbocycles. The molecule has 2 amide bonds. The summed E-state index contributed by atoms with van der Waals surface area (Å²) in [4.78, 5) is 33.6. The highest BCUT2D eigenvalue weighted by molar-refractivity contribution is 7.59. The van der Waals surface area contributed by atoms with E-state index in [1.54, 1.807) is 4.90 Å². The summed E-state index contributed by atoms with van der Waals surface area (Å²) >= 11 is 0. The van der Waals surface area contributed by atoms with Crippen molar-refractivity contribution in [3.63, 3.8) is 0 Å². The second-order valence-corrected chi connectivity index (χ2v) is 8.72. The van der Waals surface area contributed by atoms with Crippen LogP contribution in [0.3, 0.4) is 0 Å². The molecule has 1 atom stereocenters. The van der Waals surface area contributed by atoms with Gasteiger partial charge in [0.1, 0.15) is 17.7 Å². The number of pyridine rings is 1. The van der Waals surface area contributed by atoms with E-state index in [-0.39, 0.29) is 37.2 Å². The van der Waals surface area contributed by atoms with Crippen LogP contribution < -0.4 is 20.4 Å². The molecule has 5 rings (SSSR count). The summed E-state index contributed by atoms with van der Waals surface area (Å²) in [5.74, 6) is 0.238. The lowest BCUT2D eigenvalue weighted by Crippen LogP contribution is -2.49. The number of benzene rings is 2. The van der Waals surface area contributed by atoms with Crippen LogP contribution in [0.2, 0.25) is 0 Å². The van der Waals surface area contributed by atoms with Crippen LogP contribution in [0.5, 0.6) is 0 Å². The molecule has 2 aliphatic heterocycles. The molecule has 2 N–H and O–H groups in total. The van der Waals surface area contributed by atoms with Gasteiger partial charge < -0.3 is 20.4 Å². The molecule has 2 aliphatic rings. The molecule has 1 aromatic heterocycles. The Morgan fingerprint density at radius 3 is 2.57 bits per heavy atom. The number of fused-ring (bicyclic) bond motifs is 3. The Hall–Kier alpha value is -3.59. The molecule has 0 aliphatic carbocycles. The Morgan fingerprint density at radius 2 is 1.86 bits per heavy atom. The smallest absolute Gasteiger partial charge is 0.255 e. The lowest BCUT2D eigenvalue weighted by molar-refractivity contribution is -0.119. The van der Waals surface area contributed by atoms with Gasteiger partial charge in [0.2, 0.25) is 5.91 Å². The molecule has 0 unspecified atom stereocenters. The quantitative estimate of drug-likeness (QED) is 0.549. The van der Waals surface area contributed by atoms with E-state index in [1.165, 1.54) is 24.3 Å². The zero-order valence-electron chi connectivity index (χ0n) is 19.6. The SMILES string of the molecule is Cc1nc(NCc2ccc(NC(=O)c3ccc(F)cc3)cc2)cc2c1N(C)C(=O)[C@@H]1CCCN21.S. The van der Waals surface area contributed by atoms with Crippen molar-refractivity contribution in [2.75, 3.05) is 34.0 Å². The van der Waals surface area contributed by atoms with Crippen LogP contribution in [0, 0.1) is 12.7 Å². The van der Waals surface area contributed by atoms with Gasteiger partial charge in [-0.3, -0.25) is 9.59 Å². The summed E-state index contributed by atoms with van der Waals surface area (Å²) in [6.45, 7) is 3.38. The number of hydrogen-bond donors (Lipinski definition) is 2. The van der Waals surface area contributed by atoms with Crippen LogP contribution in [-0.4, -0.2) is 36.4 Å². The van der Waals surface area contributed by atoms with Gasteiger partial charge in [0.25, 0.3) is 5.91 Å². The van der Waals surface area contributed by atoms with Gasteiger partial charge in [-0.2, -0.15) is 13.5 Å². The predicted molar refractivity (Wildman–Crippen MR) is 141 cm³/mol. The van der Waals surface area contributed by atoms with Gasteiger partial charge in [-0.05, 0) is 61.7 Å². The number of amides is 2. The van der Waals surface area contributed by atoms with Gasteiger partial charge in [-0.15, -0.1) is 0 Å². The first-order chi connectivity index (χ1) is 16.4. The zero-order valence-corrected chi connectivity index (χ0v) is 20.6. The normalized spacial score (nSPS) is 16.3. The monoisotopic (exact) mass is 493 g/mol. The molecule has 0 radical (unpaired) electrons. The van der Waals surface area contributed by atoms with E-state index in [0.717, 1.165) is 47.8 Å². The number of carbonyl (C=O) groups excluding carboxylic acids is 2. The Kier molecular flexibility index (Phi) is 6.98. The summed E-state index contributed by atoms with van der Waals surface area (Å²) in [7, 11) is 1.83. The van der Waals surface area contributed by atoms with Crippen LogP contribution in [0.25, 0.3) is 0 Å². The van der Waals surface area contributed by atoms with Crippen LogP contribution in [0.1, 0.15) is 34.5 Å². The highest BCUT2D eigenvalue weighted by Crippen LogP contribution is 2.42. The maximum absolute atomic E-state index is 13.1. The first kappa shape index (κ1) is 24.5. The van der Waals surface area contributed by atoms with Gasteiger partial charge >= 0.3 is 0 Å². The van der Waals surface area contributed by atoms with E-state index in [1.807, 2.05) is 44.3 Å². The van der Waals surface area contributed by atoms with Gasteiger partial charge in [0, 0.05) is 37.5 Å². The van der Waals surface area contributed by atoms with Crippen LogP contribution >= 0.6 is 13.5 Å². The van der Waals surface area contributed by atoms with Gasteiger partial charge in [-0.25, -0.2) is 9.37 Å². The van der Waals surface area contributed by atoms with Gasteiger partial charge in [-0.1, -0.05) is 12.1 Å². The number of anilines is 4. The third-order valence-electron chi connectivity index (χ3n) is 6.45. The fourth-order valence-electron chi connectivity index (χ4n) is 4.72. The fourth-order valence-corrected chi connectivity index (χ4v) is 4.72. The maximum atomic E-state index is 13.1. The number of nitrogens with zero attached hydrogens (tertiary/aromatic N) is 3. The molecule has 7 nitrogen and oxygen atoms in total. The third kappa shape index (κ3) is 4.81. The summed E-state index contributed by atoms with van der Waals surface area (Å²) in [5.41, 5.74) is 4.85. The number of nitrogens with one attached hydrogen (secondary N) is 2. The molecular weight excluding hydrogens is 465 g/mol. The summed E-state index contributed by atoms with van der Waals surface area (Å²) in [6.07, 6.45) is 1.90. The summed E-state index contributed by atoms with van der Waals surface area (Å²) in [5, 5.41) is 6.20. The van der Waals surface area contributed by atoms with Crippen molar-refractivity contribution in [2.24, 2.45) is 0 Å². The number of carbonyl (C=O) groups is 2. The number of aryl methyl sites for hydroxylation is 1. The lowest BCUT2D eigenvalue weighted by Gasteiger charge is -2.38. The minimum atomic E-state index is -0.377. The molecule has 0 bridgehead atoms. The fraction of sp³-hybridized carbons (Fsp3) is 0.269. The number of likely N-dealkylation sites (N-methyl/N-ethyl adjacent to an activating group) is 1. The van der Waals surface area contributed by atoms with Crippen molar-refractivity contribution in [1.82, 2.24) is 4.98 Å². The molecule has 182 valence electrons. The first-order valence-corrected chi connectivity index (χ1v) is 11.4. The van der Waals surface area contributed by atoms with Crippen molar-refractivity contribution < 1.29 is 14.0 Å². The first-order valence-electron chi connectivity index (χ1n) is 11.4. The average molecular weight is 494 g/mol. The molecule has 1 fully saturated rings. The second kappa shape index (κ2) is 9.95. The van der Waals surface area contributed by atoms with E-state index in [4.69, 9.17) is 0 Å². The highest BCUT2D eigenvalue weighted by Gasteiger charge is 2.40. The van der Waals surface area contributed by atoms with Crippen LogP contribution in [-0.2, 0) is 11.3 Å². The summed E-state index contributed by atoms with van der Waals surface area (Å²) in [6, 6.07) is 14.9. The Balaban J connectivity index is 0.00000289.